The van der Waals surface area contributed by atoms with Crippen molar-refractivity contribution in [3.8, 4) is 0 Å². The fourth-order valence-electron chi connectivity index (χ4n) is 4.20. The maximum absolute atomic E-state index is 13.3. The second kappa shape index (κ2) is 11.7. The molecule has 0 atom stereocenters. The summed E-state index contributed by atoms with van der Waals surface area (Å²) >= 11 is 0. The van der Waals surface area contributed by atoms with Crippen molar-refractivity contribution in [2.24, 2.45) is 0 Å². The number of ether oxygens (including phenoxy) is 1. The van der Waals surface area contributed by atoms with Gasteiger partial charge in [0.25, 0.3) is 11.5 Å². The van der Waals surface area contributed by atoms with Crippen LogP contribution in [0.3, 0.4) is 0 Å². The second-order valence-corrected chi connectivity index (χ2v) is 8.55. The van der Waals surface area contributed by atoms with E-state index in [0.29, 0.717) is 41.3 Å². The summed E-state index contributed by atoms with van der Waals surface area (Å²) in [7, 11) is 0. The summed E-state index contributed by atoms with van der Waals surface area (Å²) in [6, 6.07) is 7.26. The summed E-state index contributed by atoms with van der Waals surface area (Å²) in [5, 5.41) is 0.639. The highest BCUT2D eigenvalue weighted by atomic mass is 16.5. The number of aromatic amines is 1. The molecule has 0 saturated heterocycles. The summed E-state index contributed by atoms with van der Waals surface area (Å²) < 4.78 is 6.69. The Balaban J connectivity index is 1.94. The number of H-pyrrole nitrogens is 1. The van der Waals surface area contributed by atoms with Gasteiger partial charge < -0.3 is 15.4 Å². The predicted octanol–water partition coefficient (Wildman–Crippen LogP) is 2.94. The lowest BCUT2D eigenvalue weighted by Gasteiger charge is -2.24. The van der Waals surface area contributed by atoms with Crippen molar-refractivity contribution >= 4 is 34.3 Å². The first-order valence-electron chi connectivity index (χ1n) is 12.2. The van der Waals surface area contributed by atoms with Crippen molar-refractivity contribution in [1.29, 1.82) is 0 Å². The third kappa shape index (κ3) is 5.32. The molecule has 3 N–H and O–H groups in total. The highest BCUT2D eigenvalue weighted by Gasteiger charge is 2.26. The second-order valence-electron chi connectivity index (χ2n) is 8.55. The van der Waals surface area contributed by atoms with Gasteiger partial charge in [-0.2, -0.15) is 0 Å². The first kappa shape index (κ1) is 26.7. The van der Waals surface area contributed by atoms with Gasteiger partial charge in [0.1, 0.15) is 5.82 Å². The van der Waals surface area contributed by atoms with Crippen LogP contribution in [0.5, 0.6) is 0 Å². The monoisotopic (exact) mass is 495 g/mol. The number of aromatic nitrogens is 3. The Morgan fingerprint density at radius 3 is 2.53 bits per heavy atom. The van der Waals surface area contributed by atoms with Crippen LogP contribution >= 0.6 is 0 Å². The van der Waals surface area contributed by atoms with E-state index in [1.54, 1.807) is 13.0 Å². The van der Waals surface area contributed by atoms with Crippen molar-refractivity contribution in [1.82, 2.24) is 14.5 Å². The molecule has 2 heterocycles. The molecule has 0 saturated carbocycles. The molecule has 0 bridgehead atoms. The lowest BCUT2D eigenvalue weighted by Crippen LogP contribution is -2.43. The molecule has 0 aliphatic heterocycles. The van der Waals surface area contributed by atoms with Gasteiger partial charge in [0.05, 0.1) is 11.1 Å². The number of carbonyl (C=O) groups is 2. The molecule has 0 unspecified atom stereocenters. The number of unbranched alkanes of at least 4 members (excludes halogenated alkanes) is 1. The summed E-state index contributed by atoms with van der Waals surface area (Å²) in [5.74, 6) is -1.35. The Hall–Kier alpha value is -3.95. The van der Waals surface area contributed by atoms with Crippen LogP contribution in [-0.4, -0.2) is 39.6 Å². The lowest BCUT2D eigenvalue weighted by atomic mass is 10.0. The number of pyridine rings is 1. The highest BCUT2D eigenvalue weighted by molar-refractivity contribution is 6.06. The number of para-hydroxylation sites is 1. The van der Waals surface area contributed by atoms with Crippen molar-refractivity contribution in [2.75, 3.05) is 23.8 Å². The number of anilines is 2. The highest BCUT2D eigenvalue weighted by Crippen LogP contribution is 2.25. The molecule has 3 aromatic rings. The molecule has 0 aliphatic carbocycles. The Kier molecular flexibility index (Phi) is 8.63. The Morgan fingerprint density at radius 2 is 1.86 bits per heavy atom. The van der Waals surface area contributed by atoms with Gasteiger partial charge in [0.2, 0.25) is 0 Å². The molecule has 10 nitrogen and oxygen atoms in total. The van der Waals surface area contributed by atoms with E-state index in [-0.39, 0.29) is 24.6 Å². The number of aryl methyl sites for hydroxylation is 1. The molecule has 36 heavy (non-hydrogen) atoms. The fraction of sp³-hybridized carbons (Fsp3) is 0.423. The minimum absolute atomic E-state index is 0.0926. The van der Waals surface area contributed by atoms with Gasteiger partial charge >= 0.3 is 11.7 Å². The maximum atomic E-state index is 13.3. The Bertz CT molecular complexity index is 1390. The third-order valence-corrected chi connectivity index (χ3v) is 6.07. The number of hydrogen-bond acceptors (Lipinski definition) is 7. The minimum Gasteiger partial charge on any atom is -0.452 e. The number of benzene rings is 1. The summed E-state index contributed by atoms with van der Waals surface area (Å²) in [6.45, 7) is 7.44. The van der Waals surface area contributed by atoms with E-state index in [1.807, 2.05) is 39.0 Å². The van der Waals surface area contributed by atoms with Gasteiger partial charge in [-0.15, -0.1) is 0 Å². The number of carbonyl (C=O) groups excluding carboxylic acids is 2. The number of nitrogens with one attached hydrogen (secondary N) is 1. The molecule has 0 aliphatic rings. The molecule has 2 aromatic heterocycles. The quantitative estimate of drug-likeness (QED) is 0.412. The zero-order valence-corrected chi connectivity index (χ0v) is 21.2. The van der Waals surface area contributed by atoms with E-state index in [2.05, 4.69) is 9.97 Å². The molecule has 3 rings (SSSR count). The van der Waals surface area contributed by atoms with Gasteiger partial charge in [-0.3, -0.25) is 24.1 Å². The van der Waals surface area contributed by atoms with Crippen molar-refractivity contribution in [2.45, 2.75) is 59.9 Å². The van der Waals surface area contributed by atoms with Crippen LogP contribution in [-0.2, 0) is 22.5 Å². The maximum Gasteiger partial charge on any atom is 0.339 e. The molecule has 10 heteroatoms. The van der Waals surface area contributed by atoms with Crippen LogP contribution in [0.4, 0.5) is 11.5 Å². The number of rotatable bonds is 10. The Morgan fingerprint density at radius 1 is 1.14 bits per heavy atom. The van der Waals surface area contributed by atoms with Crippen LogP contribution in [0.1, 0.15) is 61.6 Å². The van der Waals surface area contributed by atoms with Crippen molar-refractivity contribution in [3.63, 3.8) is 0 Å². The van der Waals surface area contributed by atoms with Gasteiger partial charge in [-0.25, -0.2) is 9.59 Å². The fourth-order valence-corrected chi connectivity index (χ4v) is 4.20. The first-order valence-corrected chi connectivity index (χ1v) is 12.2. The standard InChI is InChI=1S/C26H33N5O5/c1-5-8-14-30(22-23(27)31(13-6-2)26(35)29-24(22)33)20(32)15-36-25(34)21-16(4)18(7-3)28-19-12-10-9-11-17(19)21/h9-12H,5-8,13-15,27H2,1-4H3,(H,29,33,35). The largest absolute Gasteiger partial charge is 0.452 e. The number of esters is 1. The Labute approximate surface area is 209 Å². The van der Waals surface area contributed by atoms with Crippen molar-refractivity contribution < 1.29 is 14.3 Å². The van der Waals surface area contributed by atoms with E-state index < -0.39 is 29.7 Å². The molecular weight excluding hydrogens is 462 g/mol. The third-order valence-electron chi connectivity index (χ3n) is 6.07. The molecular formula is C26H33N5O5. The van der Waals surface area contributed by atoms with Crippen LogP contribution < -0.4 is 21.9 Å². The van der Waals surface area contributed by atoms with Gasteiger partial charge in [-0.1, -0.05) is 45.4 Å². The number of amides is 1. The minimum atomic E-state index is -0.760. The van der Waals surface area contributed by atoms with E-state index in [9.17, 15) is 19.2 Å². The van der Waals surface area contributed by atoms with Crippen LogP contribution in [0.25, 0.3) is 10.9 Å². The van der Waals surface area contributed by atoms with Crippen LogP contribution in [0.15, 0.2) is 33.9 Å². The van der Waals surface area contributed by atoms with E-state index >= 15 is 0 Å². The average molecular weight is 496 g/mol. The smallest absolute Gasteiger partial charge is 0.339 e. The first-order chi connectivity index (χ1) is 17.2. The number of nitrogen functional groups attached to an aromatic ring is 1. The van der Waals surface area contributed by atoms with E-state index in [4.69, 9.17) is 10.5 Å². The van der Waals surface area contributed by atoms with E-state index in [0.717, 1.165) is 12.1 Å². The number of fused-ring (bicyclic) bond motifs is 1. The molecule has 1 aromatic carbocycles. The average Bonchev–Trinajstić information content (AvgIpc) is 2.86. The van der Waals surface area contributed by atoms with Crippen molar-refractivity contribution in [3.05, 3.63) is 61.9 Å². The SMILES string of the molecule is CCCCN(C(=O)COC(=O)c1c(C)c(CC)nc2ccccc12)c1c(N)n(CCC)c(=O)[nH]c1=O. The van der Waals surface area contributed by atoms with Gasteiger partial charge in [0.15, 0.2) is 12.3 Å². The zero-order valence-electron chi connectivity index (χ0n) is 21.2. The van der Waals surface area contributed by atoms with Gasteiger partial charge in [-0.05, 0) is 37.8 Å². The van der Waals surface area contributed by atoms with Crippen LogP contribution in [0.2, 0.25) is 0 Å². The molecule has 192 valence electrons. The topological polar surface area (TPSA) is 140 Å². The normalized spacial score (nSPS) is 11.0. The number of nitrogens with two attached hydrogens (primary N) is 1. The molecule has 0 radical (unpaired) electrons. The predicted molar refractivity (Wildman–Crippen MR) is 139 cm³/mol. The molecule has 0 spiro atoms. The van der Waals surface area contributed by atoms with Gasteiger partial charge in [0, 0.05) is 24.2 Å². The molecule has 1 amide bonds. The van der Waals surface area contributed by atoms with Crippen LogP contribution in [0, 0.1) is 6.92 Å². The number of hydrogen-bond donors (Lipinski definition) is 2. The summed E-state index contributed by atoms with van der Waals surface area (Å²) in [6.07, 6.45) is 2.57. The summed E-state index contributed by atoms with van der Waals surface area (Å²) in [5.41, 5.74) is 7.16. The summed E-state index contributed by atoms with van der Waals surface area (Å²) in [4.78, 5) is 59.4. The molecule has 0 fully saturated rings. The lowest BCUT2D eigenvalue weighted by molar-refractivity contribution is -0.121. The zero-order chi connectivity index (χ0) is 26.4. The number of nitrogens with zero attached hydrogens (tertiary/aromatic N) is 3. The van der Waals surface area contributed by atoms with E-state index in [1.165, 1.54) is 9.47 Å².